The summed E-state index contributed by atoms with van der Waals surface area (Å²) in [6.45, 7) is 0.857. The summed E-state index contributed by atoms with van der Waals surface area (Å²) >= 11 is 0. The van der Waals surface area contributed by atoms with E-state index in [2.05, 4.69) is 5.43 Å². The van der Waals surface area contributed by atoms with Gasteiger partial charge in [0, 0.05) is 13.6 Å². The van der Waals surface area contributed by atoms with Crippen molar-refractivity contribution < 1.29 is 4.79 Å². The fourth-order valence-corrected chi connectivity index (χ4v) is 2.57. The molecule has 4 heteroatoms. The number of hydrogen-bond donors (Lipinski definition) is 2. The van der Waals surface area contributed by atoms with Gasteiger partial charge in [0.2, 0.25) is 0 Å². The molecule has 74 valence electrons. The lowest BCUT2D eigenvalue weighted by atomic mass is 10.0. The third-order valence-corrected chi connectivity index (χ3v) is 3.34. The average molecular weight is 183 g/mol. The summed E-state index contributed by atoms with van der Waals surface area (Å²) in [5.74, 6) is 7.73. The van der Waals surface area contributed by atoms with Crippen LogP contribution in [0.1, 0.15) is 19.3 Å². The molecule has 2 atom stereocenters. The van der Waals surface area contributed by atoms with Crippen LogP contribution in [0.5, 0.6) is 0 Å². The van der Waals surface area contributed by atoms with Crippen LogP contribution in [0.4, 0.5) is 4.79 Å². The predicted octanol–water partition coefficient (Wildman–Crippen LogP) is 0.548. The highest BCUT2D eigenvalue weighted by molar-refractivity contribution is 5.73. The zero-order chi connectivity index (χ0) is 9.42. The molecule has 2 saturated carbocycles. The van der Waals surface area contributed by atoms with E-state index >= 15 is 0 Å². The highest BCUT2D eigenvalue weighted by atomic mass is 16.2. The molecule has 0 bridgehead atoms. The average Bonchev–Trinajstić information content (AvgIpc) is 2.73. The molecule has 0 aromatic rings. The fraction of sp³-hybridized carbons (Fsp3) is 0.889. The molecule has 13 heavy (non-hydrogen) atoms. The summed E-state index contributed by atoms with van der Waals surface area (Å²) in [6, 6.07) is -0.180. The molecule has 2 aliphatic carbocycles. The zero-order valence-corrected chi connectivity index (χ0v) is 7.99. The Bertz CT molecular complexity index is 209. The number of fused-ring (bicyclic) bond motifs is 1. The molecule has 0 saturated heterocycles. The fourth-order valence-electron chi connectivity index (χ4n) is 2.57. The Labute approximate surface area is 78.4 Å². The molecule has 2 fully saturated rings. The van der Waals surface area contributed by atoms with E-state index < -0.39 is 0 Å². The molecular formula is C9H17N3O. The first-order valence-electron chi connectivity index (χ1n) is 4.92. The van der Waals surface area contributed by atoms with Crippen LogP contribution in [0.2, 0.25) is 0 Å². The molecule has 0 aromatic carbocycles. The molecule has 2 unspecified atom stereocenters. The van der Waals surface area contributed by atoms with Gasteiger partial charge in [-0.3, -0.25) is 5.43 Å². The Hall–Kier alpha value is -0.770. The number of carbonyl (C=O) groups excluding carboxylic acids is 1. The number of amides is 2. The Morgan fingerprint density at radius 1 is 1.46 bits per heavy atom. The van der Waals surface area contributed by atoms with E-state index in [0.717, 1.165) is 18.4 Å². The molecule has 0 aromatic heterocycles. The highest BCUT2D eigenvalue weighted by Gasteiger charge is 2.45. The SMILES string of the molecule is CN(CC1CC2CC2C1)C(=O)NN. The van der Waals surface area contributed by atoms with Crippen molar-refractivity contribution in [3.63, 3.8) is 0 Å². The second-order valence-corrected chi connectivity index (χ2v) is 4.42. The van der Waals surface area contributed by atoms with Gasteiger partial charge in [-0.1, -0.05) is 0 Å². The van der Waals surface area contributed by atoms with Crippen molar-refractivity contribution in [2.45, 2.75) is 19.3 Å². The smallest absolute Gasteiger partial charge is 0.327 e. The number of nitrogens with one attached hydrogen (secondary N) is 1. The first-order chi connectivity index (χ1) is 6.20. The first kappa shape index (κ1) is 8.81. The van der Waals surface area contributed by atoms with Gasteiger partial charge in [-0.15, -0.1) is 0 Å². The van der Waals surface area contributed by atoms with Gasteiger partial charge in [0.25, 0.3) is 0 Å². The van der Waals surface area contributed by atoms with E-state index in [4.69, 9.17) is 5.84 Å². The largest absolute Gasteiger partial charge is 0.331 e. The molecular weight excluding hydrogens is 166 g/mol. The normalized spacial score (nSPS) is 35.4. The maximum absolute atomic E-state index is 11.1. The van der Waals surface area contributed by atoms with Crippen LogP contribution >= 0.6 is 0 Å². The molecule has 2 rings (SSSR count). The van der Waals surface area contributed by atoms with Crippen molar-refractivity contribution in [3.8, 4) is 0 Å². The quantitative estimate of drug-likeness (QED) is 0.373. The minimum absolute atomic E-state index is 0.180. The van der Waals surface area contributed by atoms with Crippen LogP contribution in [0.3, 0.4) is 0 Å². The lowest BCUT2D eigenvalue weighted by Crippen LogP contribution is -2.43. The van der Waals surface area contributed by atoms with Gasteiger partial charge in [-0.05, 0) is 37.0 Å². The number of rotatable bonds is 2. The van der Waals surface area contributed by atoms with E-state index in [1.165, 1.54) is 19.3 Å². The number of nitrogens with zero attached hydrogens (tertiary/aromatic N) is 1. The maximum Gasteiger partial charge on any atom is 0.331 e. The van der Waals surface area contributed by atoms with Gasteiger partial charge in [-0.2, -0.15) is 0 Å². The zero-order valence-electron chi connectivity index (χ0n) is 7.99. The molecule has 0 aliphatic heterocycles. The number of nitrogens with two attached hydrogens (primary N) is 1. The topological polar surface area (TPSA) is 58.4 Å². The van der Waals surface area contributed by atoms with Gasteiger partial charge >= 0.3 is 6.03 Å². The van der Waals surface area contributed by atoms with E-state index in [-0.39, 0.29) is 6.03 Å². The maximum atomic E-state index is 11.1. The summed E-state index contributed by atoms with van der Waals surface area (Å²) < 4.78 is 0. The Morgan fingerprint density at radius 2 is 2.08 bits per heavy atom. The standard InChI is InChI=1S/C9H17N3O/c1-12(9(13)11-10)5-6-2-7-4-8(7)3-6/h6-8H,2-5,10H2,1H3,(H,11,13). The summed E-state index contributed by atoms with van der Waals surface area (Å²) in [4.78, 5) is 12.8. The summed E-state index contributed by atoms with van der Waals surface area (Å²) in [7, 11) is 1.80. The third-order valence-electron chi connectivity index (χ3n) is 3.34. The van der Waals surface area contributed by atoms with Crippen LogP contribution in [0.15, 0.2) is 0 Å². The van der Waals surface area contributed by atoms with Gasteiger partial charge in [-0.25, -0.2) is 10.6 Å². The van der Waals surface area contributed by atoms with Crippen LogP contribution in [0, 0.1) is 17.8 Å². The molecule has 0 spiro atoms. The summed E-state index contributed by atoms with van der Waals surface area (Å²) in [5, 5.41) is 0. The van der Waals surface area contributed by atoms with Crippen molar-refractivity contribution in [3.05, 3.63) is 0 Å². The second kappa shape index (κ2) is 3.18. The minimum atomic E-state index is -0.180. The molecule has 2 aliphatic rings. The van der Waals surface area contributed by atoms with E-state index in [1.54, 1.807) is 11.9 Å². The molecule has 0 heterocycles. The highest BCUT2D eigenvalue weighted by Crippen LogP contribution is 2.54. The second-order valence-electron chi connectivity index (χ2n) is 4.42. The minimum Gasteiger partial charge on any atom is -0.327 e. The van der Waals surface area contributed by atoms with Gasteiger partial charge in [0.1, 0.15) is 0 Å². The van der Waals surface area contributed by atoms with Crippen LogP contribution in [-0.2, 0) is 0 Å². The van der Waals surface area contributed by atoms with Crippen molar-refractivity contribution >= 4 is 6.03 Å². The Balaban J connectivity index is 1.74. The molecule has 2 amide bonds. The Morgan fingerprint density at radius 3 is 2.62 bits per heavy atom. The van der Waals surface area contributed by atoms with Crippen molar-refractivity contribution in [2.24, 2.45) is 23.6 Å². The Kier molecular flexibility index (Phi) is 2.15. The predicted molar refractivity (Wildman–Crippen MR) is 49.7 cm³/mol. The van der Waals surface area contributed by atoms with Crippen LogP contribution < -0.4 is 11.3 Å². The van der Waals surface area contributed by atoms with Gasteiger partial charge in [0.15, 0.2) is 0 Å². The van der Waals surface area contributed by atoms with Gasteiger partial charge < -0.3 is 4.90 Å². The van der Waals surface area contributed by atoms with Crippen molar-refractivity contribution in [1.29, 1.82) is 0 Å². The lowest BCUT2D eigenvalue weighted by molar-refractivity contribution is 0.199. The van der Waals surface area contributed by atoms with Crippen molar-refractivity contribution in [1.82, 2.24) is 10.3 Å². The number of urea groups is 1. The van der Waals surface area contributed by atoms with Crippen LogP contribution in [-0.4, -0.2) is 24.5 Å². The van der Waals surface area contributed by atoms with E-state index in [0.29, 0.717) is 5.92 Å². The number of hydrazine groups is 1. The third kappa shape index (κ3) is 1.77. The molecule has 3 N–H and O–H groups in total. The lowest BCUT2D eigenvalue weighted by Gasteiger charge is -2.21. The van der Waals surface area contributed by atoms with E-state index in [9.17, 15) is 4.79 Å². The summed E-state index contributed by atoms with van der Waals surface area (Å²) in [5.41, 5.74) is 2.15. The number of hydrogen-bond acceptors (Lipinski definition) is 2. The molecule has 0 radical (unpaired) electrons. The number of carbonyl (C=O) groups is 1. The van der Waals surface area contributed by atoms with Crippen LogP contribution in [0.25, 0.3) is 0 Å². The summed E-state index contributed by atoms with van der Waals surface area (Å²) in [6.07, 6.45) is 4.06. The van der Waals surface area contributed by atoms with E-state index in [1.807, 2.05) is 0 Å². The van der Waals surface area contributed by atoms with Crippen molar-refractivity contribution in [2.75, 3.05) is 13.6 Å². The molecule has 4 nitrogen and oxygen atoms in total. The van der Waals surface area contributed by atoms with Gasteiger partial charge in [0.05, 0.1) is 0 Å². The monoisotopic (exact) mass is 183 g/mol. The first-order valence-corrected chi connectivity index (χ1v) is 4.92.